The van der Waals surface area contributed by atoms with Crippen molar-refractivity contribution in [2.75, 3.05) is 6.61 Å². The van der Waals surface area contributed by atoms with Gasteiger partial charge in [0.15, 0.2) is 0 Å². The van der Waals surface area contributed by atoms with Crippen LogP contribution in [0.3, 0.4) is 0 Å². The molecule has 1 saturated carbocycles. The van der Waals surface area contributed by atoms with Crippen LogP contribution in [-0.2, 0) is 10.0 Å². The van der Waals surface area contributed by atoms with Gasteiger partial charge >= 0.3 is 5.97 Å². The minimum atomic E-state index is -3.85. The normalized spacial score (nSPS) is 23.6. The number of hydrogen-bond acceptors (Lipinski definition) is 5. The molecule has 1 aliphatic carbocycles. The van der Waals surface area contributed by atoms with Crippen molar-refractivity contribution in [2.24, 2.45) is 5.92 Å². The first-order valence-electron chi connectivity index (χ1n) is 5.89. The average Bonchev–Trinajstić information content (AvgIpc) is 2.95. The van der Waals surface area contributed by atoms with E-state index in [1.807, 2.05) is 0 Å². The SMILES string of the molecule is O=C(O)c1sccc1S(=O)(=O)NC1CCCC1CO. The van der Waals surface area contributed by atoms with Gasteiger partial charge in [0.1, 0.15) is 9.77 Å². The maximum Gasteiger partial charge on any atom is 0.347 e. The Labute approximate surface area is 115 Å². The molecular formula is C11H15NO5S2. The molecule has 106 valence electrons. The average molecular weight is 305 g/mol. The smallest absolute Gasteiger partial charge is 0.347 e. The molecule has 2 atom stereocenters. The number of aliphatic hydroxyl groups excluding tert-OH is 1. The Morgan fingerprint density at radius 3 is 2.84 bits per heavy atom. The van der Waals surface area contributed by atoms with Gasteiger partial charge in [-0.05, 0) is 30.2 Å². The van der Waals surface area contributed by atoms with Gasteiger partial charge in [0.2, 0.25) is 10.0 Å². The number of carbonyl (C=O) groups is 1. The fourth-order valence-corrected chi connectivity index (χ4v) is 4.94. The summed E-state index contributed by atoms with van der Waals surface area (Å²) in [5.74, 6) is -1.35. The molecule has 1 heterocycles. The van der Waals surface area contributed by atoms with E-state index in [1.54, 1.807) is 0 Å². The van der Waals surface area contributed by atoms with E-state index < -0.39 is 16.0 Å². The van der Waals surface area contributed by atoms with E-state index in [0.717, 1.165) is 24.2 Å². The number of nitrogens with one attached hydrogen (secondary N) is 1. The number of aliphatic hydroxyl groups is 1. The molecule has 1 aromatic heterocycles. The fraction of sp³-hybridized carbons (Fsp3) is 0.545. The van der Waals surface area contributed by atoms with Gasteiger partial charge < -0.3 is 10.2 Å². The first kappa shape index (κ1) is 14.4. The van der Waals surface area contributed by atoms with E-state index in [2.05, 4.69) is 4.72 Å². The molecule has 0 aromatic carbocycles. The molecule has 0 bridgehead atoms. The van der Waals surface area contributed by atoms with E-state index in [-0.39, 0.29) is 28.3 Å². The van der Waals surface area contributed by atoms with Crippen molar-refractivity contribution in [1.82, 2.24) is 4.72 Å². The maximum absolute atomic E-state index is 12.2. The zero-order valence-corrected chi connectivity index (χ0v) is 11.7. The Kier molecular flexibility index (Phi) is 4.24. The summed E-state index contributed by atoms with van der Waals surface area (Å²) in [6.45, 7) is -0.0669. The standard InChI is InChI=1S/C11H15NO5S2/c13-6-7-2-1-3-8(7)12-19(16,17)9-4-5-18-10(9)11(14)15/h4-5,7-8,12-13H,1-3,6H2,(H,14,15). The van der Waals surface area contributed by atoms with E-state index in [4.69, 9.17) is 5.11 Å². The number of sulfonamides is 1. The van der Waals surface area contributed by atoms with E-state index in [1.165, 1.54) is 11.4 Å². The van der Waals surface area contributed by atoms with Crippen molar-refractivity contribution in [2.45, 2.75) is 30.2 Å². The minimum Gasteiger partial charge on any atom is -0.477 e. The molecule has 0 spiro atoms. The van der Waals surface area contributed by atoms with Crippen LogP contribution in [-0.4, -0.2) is 37.2 Å². The van der Waals surface area contributed by atoms with E-state index in [9.17, 15) is 18.3 Å². The largest absolute Gasteiger partial charge is 0.477 e. The van der Waals surface area contributed by atoms with Crippen LogP contribution in [0, 0.1) is 5.92 Å². The first-order chi connectivity index (χ1) is 8.95. The highest BCUT2D eigenvalue weighted by Gasteiger charge is 2.32. The van der Waals surface area contributed by atoms with Gasteiger partial charge in [-0.25, -0.2) is 17.9 Å². The highest BCUT2D eigenvalue weighted by molar-refractivity contribution is 7.89. The van der Waals surface area contributed by atoms with E-state index in [0.29, 0.717) is 6.42 Å². The van der Waals surface area contributed by atoms with Crippen LogP contribution in [0.25, 0.3) is 0 Å². The number of hydrogen-bond donors (Lipinski definition) is 3. The number of aromatic carboxylic acids is 1. The quantitative estimate of drug-likeness (QED) is 0.749. The lowest BCUT2D eigenvalue weighted by Gasteiger charge is -2.18. The molecule has 1 aromatic rings. The zero-order valence-electron chi connectivity index (χ0n) is 10.1. The zero-order chi connectivity index (χ0) is 14.0. The molecule has 0 saturated heterocycles. The highest BCUT2D eigenvalue weighted by atomic mass is 32.2. The summed E-state index contributed by atoms with van der Waals surface area (Å²) in [7, 11) is -3.85. The van der Waals surface area contributed by atoms with Gasteiger partial charge in [0, 0.05) is 12.6 Å². The predicted molar refractivity (Wildman–Crippen MR) is 69.8 cm³/mol. The monoisotopic (exact) mass is 305 g/mol. The first-order valence-corrected chi connectivity index (χ1v) is 8.26. The van der Waals surface area contributed by atoms with Gasteiger partial charge in [-0.15, -0.1) is 11.3 Å². The van der Waals surface area contributed by atoms with Crippen molar-refractivity contribution in [3.05, 3.63) is 16.3 Å². The topological polar surface area (TPSA) is 104 Å². The van der Waals surface area contributed by atoms with Crippen molar-refractivity contribution in [3.63, 3.8) is 0 Å². The summed E-state index contributed by atoms with van der Waals surface area (Å²) in [5, 5.41) is 19.6. The molecule has 1 aliphatic rings. The van der Waals surface area contributed by atoms with Gasteiger partial charge in [-0.1, -0.05) is 6.42 Å². The molecule has 0 amide bonds. The molecular weight excluding hydrogens is 290 g/mol. The second kappa shape index (κ2) is 5.58. The van der Waals surface area contributed by atoms with Gasteiger partial charge in [0.05, 0.1) is 0 Å². The van der Waals surface area contributed by atoms with Crippen LogP contribution >= 0.6 is 11.3 Å². The van der Waals surface area contributed by atoms with Crippen LogP contribution in [0.1, 0.15) is 28.9 Å². The Morgan fingerprint density at radius 1 is 1.47 bits per heavy atom. The lowest BCUT2D eigenvalue weighted by atomic mass is 10.1. The van der Waals surface area contributed by atoms with Gasteiger partial charge in [0.25, 0.3) is 0 Å². The summed E-state index contributed by atoms with van der Waals surface area (Å²) in [6.07, 6.45) is 2.30. The Morgan fingerprint density at radius 2 is 2.21 bits per heavy atom. The molecule has 2 unspecified atom stereocenters. The van der Waals surface area contributed by atoms with Crippen LogP contribution in [0.2, 0.25) is 0 Å². The van der Waals surface area contributed by atoms with Crippen LogP contribution in [0.15, 0.2) is 16.3 Å². The lowest BCUT2D eigenvalue weighted by Crippen LogP contribution is -2.38. The number of carboxylic acids is 1. The Hall–Kier alpha value is -0.960. The molecule has 0 radical (unpaired) electrons. The third-order valence-corrected chi connectivity index (χ3v) is 5.88. The van der Waals surface area contributed by atoms with Crippen LogP contribution in [0.4, 0.5) is 0 Å². The number of rotatable bonds is 5. The fourth-order valence-electron chi connectivity index (χ4n) is 2.34. The second-order valence-corrected chi connectivity index (χ2v) is 7.12. The third kappa shape index (κ3) is 2.97. The molecule has 3 N–H and O–H groups in total. The summed E-state index contributed by atoms with van der Waals surface area (Å²) < 4.78 is 26.9. The predicted octanol–water partition coefficient (Wildman–Crippen LogP) is 0.886. The molecule has 19 heavy (non-hydrogen) atoms. The molecule has 8 heteroatoms. The molecule has 2 rings (SSSR count). The molecule has 1 fully saturated rings. The summed E-state index contributed by atoms with van der Waals surface area (Å²) in [6, 6.07) is 0.968. The van der Waals surface area contributed by atoms with Crippen molar-refractivity contribution in [3.8, 4) is 0 Å². The maximum atomic E-state index is 12.2. The summed E-state index contributed by atoms with van der Waals surface area (Å²) in [5.41, 5.74) is 0. The van der Waals surface area contributed by atoms with Crippen molar-refractivity contribution in [1.29, 1.82) is 0 Å². The highest BCUT2D eigenvalue weighted by Crippen LogP contribution is 2.28. The summed E-state index contributed by atoms with van der Waals surface area (Å²) in [4.78, 5) is 10.6. The number of thiophene rings is 1. The van der Waals surface area contributed by atoms with Crippen LogP contribution in [0.5, 0.6) is 0 Å². The van der Waals surface area contributed by atoms with Crippen molar-refractivity contribution < 1.29 is 23.4 Å². The summed E-state index contributed by atoms with van der Waals surface area (Å²) >= 11 is 0.881. The molecule has 6 nitrogen and oxygen atoms in total. The second-order valence-electron chi connectivity index (χ2n) is 4.52. The van der Waals surface area contributed by atoms with E-state index >= 15 is 0 Å². The van der Waals surface area contributed by atoms with Gasteiger partial charge in [-0.3, -0.25) is 0 Å². The van der Waals surface area contributed by atoms with Gasteiger partial charge in [-0.2, -0.15) is 0 Å². The Bertz CT molecular complexity index is 565. The van der Waals surface area contributed by atoms with Crippen LogP contribution < -0.4 is 4.72 Å². The minimum absolute atomic E-state index is 0.0669. The van der Waals surface area contributed by atoms with Crippen molar-refractivity contribution >= 4 is 27.3 Å². The lowest BCUT2D eigenvalue weighted by molar-refractivity contribution is 0.0698. The Balaban J connectivity index is 2.23. The number of carboxylic acid groups (broad SMARTS) is 1. The third-order valence-electron chi connectivity index (χ3n) is 3.31. The molecule has 0 aliphatic heterocycles.